The van der Waals surface area contributed by atoms with Gasteiger partial charge < -0.3 is 5.32 Å². The molecule has 0 saturated heterocycles. The topological polar surface area (TPSA) is 12.0 Å². The first-order valence-corrected chi connectivity index (χ1v) is 6.51. The molecule has 0 aliphatic rings. The van der Waals surface area contributed by atoms with E-state index in [0.717, 1.165) is 6.54 Å². The molecule has 84 valence electrons. The highest BCUT2D eigenvalue weighted by molar-refractivity contribution is 7.07. The number of nitrogens with one attached hydrogen (secondary N) is 1. The molecule has 0 bridgehead atoms. The number of aryl methyl sites for hydroxylation is 1. The van der Waals surface area contributed by atoms with Crippen LogP contribution in [0.2, 0.25) is 0 Å². The van der Waals surface area contributed by atoms with Gasteiger partial charge in [-0.25, -0.2) is 0 Å². The molecular formula is C14H17NS. The van der Waals surface area contributed by atoms with Gasteiger partial charge in [0.15, 0.2) is 0 Å². The third kappa shape index (κ3) is 2.94. The summed E-state index contributed by atoms with van der Waals surface area (Å²) in [5.74, 6) is 0. The summed E-state index contributed by atoms with van der Waals surface area (Å²) in [6, 6.07) is 11.3. The van der Waals surface area contributed by atoms with Gasteiger partial charge in [-0.05, 0) is 41.8 Å². The lowest BCUT2D eigenvalue weighted by molar-refractivity contribution is 0.576. The summed E-state index contributed by atoms with van der Waals surface area (Å²) in [7, 11) is 0. The van der Waals surface area contributed by atoms with Gasteiger partial charge in [0.1, 0.15) is 0 Å². The van der Waals surface area contributed by atoms with E-state index in [4.69, 9.17) is 0 Å². The van der Waals surface area contributed by atoms with Gasteiger partial charge in [0.2, 0.25) is 0 Å². The summed E-state index contributed by atoms with van der Waals surface area (Å²) in [6.45, 7) is 5.25. The smallest absolute Gasteiger partial charge is 0.0303 e. The van der Waals surface area contributed by atoms with Crippen molar-refractivity contribution < 1.29 is 0 Å². The maximum atomic E-state index is 3.53. The Labute approximate surface area is 101 Å². The van der Waals surface area contributed by atoms with Crippen LogP contribution in [0.25, 0.3) is 0 Å². The van der Waals surface area contributed by atoms with Crippen LogP contribution < -0.4 is 5.32 Å². The molecule has 16 heavy (non-hydrogen) atoms. The molecule has 0 saturated carbocycles. The van der Waals surface area contributed by atoms with Crippen LogP contribution in [-0.4, -0.2) is 0 Å². The van der Waals surface area contributed by atoms with Crippen molar-refractivity contribution >= 4 is 11.3 Å². The largest absolute Gasteiger partial charge is 0.306 e. The van der Waals surface area contributed by atoms with Gasteiger partial charge in [-0.1, -0.05) is 29.8 Å². The van der Waals surface area contributed by atoms with Crippen molar-refractivity contribution in [1.29, 1.82) is 0 Å². The Hall–Kier alpha value is -1.12. The van der Waals surface area contributed by atoms with Gasteiger partial charge in [0.05, 0.1) is 0 Å². The molecule has 1 aromatic carbocycles. The fourth-order valence-electron chi connectivity index (χ4n) is 1.62. The molecule has 2 rings (SSSR count). The van der Waals surface area contributed by atoms with Crippen LogP contribution in [0, 0.1) is 6.92 Å². The van der Waals surface area contributed by atoms with E-state index >= 15 is 0 Å². The molecule has 1 atom stereocenters. The standard InChI is InChI=1S/C14H17NS/c1-11-3-5-13(6-4-11)9-15-12(2)14-7-8-16-10-14/h3-8,10,12,15H,9H2,1-2H3. The van der Waals surface area contributed by atoms with Crippen molar-refractivity contribution in [3.8, 4) is 0 Å². The Bertz CT molecular complexity index is 417. The molecule has 0 spiro atoms. The van der Waals surface area contributed by atoms with Crippen LogP contribution >= 0.6 is 11.3 Å². The van der Waals surface area contributed by atoms with E-state index in [-0.39, 0.29) is 0 Å². The molecule has 1 unspecified atom stereocenters. The Kier molecular flexibility index (Phi) is 3.75. The highest BCUT2D eigenvalue weighted by Crippen LogP contribution is 2.16. The van der Waals surface area contributed by atoms with Gasteiger partial charge in [-0.2, -0.15) is 11.3 Å². The molecule has 1 aromatic heterocycles. The molecule has 1 heterocycles. The second kappa shape index (κ2) is 5.28. The number of thiophene rings is 1. The predicted octanol–water partition coefficient (Wildman–Crippen LogP) is 3.91. The van der Waals surface area contributed by atoms with Crippen molar-refractivity contribution in [1.82, 2.24) is 5.32 Å². The minimum atomic E-state index is 0.424. The zero-order valence-corrected chi connectivity index (χ0v) is 10.6. The van der Waals surface area contributed by atoms with Crippen LogP contribution in [0.15, 0.2) is 41.1 Å². The Morgan fingerprint density at radius 3 is 2.56 bits per heavy atom. The molecule has 1 nitrogen and oxygen atoms in total. The number of benzene rings is 1. The van der Waals surface area contributed by atoms with Gasteiger partial charge in [-0.3, -0.25) is 0 Å². The maximum Gasteiger partial charge on any atom is 0.0303 e. The third-order valence-corrected chi connectivity index (χ3v) is 3.48. The summed E-state index contributed by atoms with van der Waals surface area (Å²) >= 11 is 1.75. The minimum Gasteiger partial charge on any atom is -0.306 e. The van der Waals surface area contributed by atoms with Crippen LogP contribution in [0.3, 0.4) is 0 Å². The molecule has 0 radical (unpaired) electrons. The average Bonchev–Trinajstić information content (AvgIpc) is 2.81. The fourth-order valence-corrected chi connectivity index (χ4v) is 2.37. The Balaban J connectivity index is 1.90. The molecule has 0 aliphatic carbocycles. The zero-order valence-electron chi connectivity index (χ0n) is 9.73. The second-order valence-corrected chi connectivity index (χ2v) is 4.92. The van der Waals surface area contributed by atoms with Crippen molar-refractivity contribution in [2.45, 2.75) is 26.4 Å². The van der Waals surface area contributed by atoms with Gasteiger partial charge in [-0.15, -0.1) is 0 Å². The van der Waals surface area contributed by atoms with E-state index in [1.54, 1.807) is 11.3 Å². The first-order chi connectivity index (χ1) is 7.75. The zero-order chi connectivity index (χ0) is 11.4. The van der Waals surface area contributed by atoms with Crippen molar-refractivity contribution in [2.75, 3.05) is 0 Å². The maximum absolute atomic E-state index is 3.53. The lowest BCUT2D eigenvalue weighted by Crippen LogP contribution is -2.17. The average molecular weight is 231 g/mol. The summed E-state index contributed by atoms with van der Waals surface area (Å²) in [4.78, 5) is 0. The van der Waals surface area contributed by atoms with Crippen molar-refractivity contribution in [3.63, 3.8) is 0 Å². The normalized spacial score (nSPS) is 12.6. The highest BCUT2D eigenvalue weighted by Gasteiger charge is 2.04. The Morgan fingerprint density at radius 2 is 1.94 bits per heavy atom. The third-order valence-electron chi connectivity index (χ3n) is 2.78. The van der Waals surface area contributed by atoms with Gasteiger partial charge in [0, 0.05) is 12.6 Å². The van der Waals surface area contributed by atoms with E-state index in [9.17, 15) is 0 Å². The summed E-state index contributed by atoms with van der Waals surface area (Å²) < 4.78 is 0. The van der Waals surface area contributed by atoms with Crippen LogP contribution in [0.4, 0.5) is 0 Å². The molecule has 2 aromatic rings. The molecule has 0 aliphatic heterocycles. The molecular weight excluding hydrogens is 214 g/mol. The van der Waals surface area contributed by atoms with E-state index in [1.165, 1.54) is 16.7 Å². The summed E-state index contributed by atoms with van der Waals surface area (Å²) in [6.07, 6.45) is 0. The van der Waals surface area contributed by atoms with Crippen LogP contribution in [0.1, 0.15) is 29.7 Å². The summed E-state index contributed by atoms with van der Waals surface area (Å²) in [5, 5.41) is 7.85. The van der Waals surface area contributed by atoms with Crippen LogP contribution in [-0.2, 0) is 6.54 Å². The first-order valence-electron chi connectivity index (χ1n) is 5.57. The lowest BCUT2D eigenvalue weighted by atomic mass is 10.1. The Morgan fingerprint density at radius 1 is 1.19 bits per heavy atom. The number of hydrogen-bond donors (Lipinski definition) is 1. The molecule has 0 amide bonds. The molecule has 0 fully saturated rings. The fraction of sp³-hybridized carbons (Fsp3) is 0.286. The van der Waals surface area contributed by atoms with Crippen molar-refractivity contribution in [3.05, 3.63) is 57.8 Å². The van der Waals surface area contributed by atoms with Gasteiger partial charge in [0.25, 0.3) is 0 Å². The first kappa shape index (κ1) is 11.4. The second-order valence-electron chi connectivity index (χ2n) is 4.14. The summed E-state index contributed by atoms with van der Waals surface area (Å²) in [5.41, 5.74) is 4.03. The van der Waals surface area contributed by atoms with Crippen LogP contribution in [0.5, 0.6) is 0 Å². The van der Waals surface area contributed by atoms with E-state index in [2.05, 4.69) is 60.3 Å². The lowest BCUT2D eigenvalue weighted by Gasteiger charge is -2.12. The molecule has 1 N–H and O–H groups in total. The highest BCUT2D eigenvalue weighted by atomic mass is 32.1. The number of hydrogen-bond acceptors (Lipinski definition) is 2. The minimum absolute atomic E-state index is 0.424. The monoisotopic (exact) mass is 231 g/mol. The molecule has 2 heteroatoms. The quantitative estimate of drug-likeness (QED) is 0.841. The van der Waals surface area contributed by atoms with Crippen molar-refractivity contribution in [2.24, 2.45) is 0 Å². The number of rotatable bonds is 4. The predicted molar refractivity (Wildman–Crippen MR) is 70.8 cm³/mol. The SMILES string of the molecule is Cc1ccc(CNC(C)c2ccsc2)cc1. The van der Waals surface area contributed by atoms with E-state index in [1.807, 2.05) is 0 Å². The van der Waals surface area contributed by atoms with E-state index < -0.39 is 0 Å². The van der Waals surface area contributed by atoms with E-state index in [0.29, 0.717) is 6.04 Å². The van der Waals surface area contributed by atoms with Gasteiger partial charge >= 0.3 is 0 Å².